The predicted molar refractivity (Wildman–Crippen MR) is 108 cm³/mol. The molecule has 3 aromatic rings. The van der Waals surface area contributed by atoms with Crippen molar-refractivity contribution in [3.63, 3.8) is 0 Å². The summed E-state index contributed by atoms with van der Waals surface area (Å²) in [5, 5.41) is 11.7. The second-order valence-corrected chi connectivity index (χ2v) is 7.55. The van der Waals surface area contributed by atoms with Gasteiger partial charge in [0.05, 0.1) is 13.2 Å². The lowest BCUT2D eigenvalue weighted by molar-refractivity contribution is 0.0650. The molecule has 2 heterocycles. The largest absolute Gasteiger partial charge is 0.376 e. The van der Waals surface area contributed by atoms with Crippen molar-refractivity contribution in [2.75, 3.05) is 19.7 Å². The third-order valence-electron chi connectivity index (χ3n) is 5.31. The standard InChI is InChI=1S/C22H24ClN3O/c23-19-8-4-5-16(11-19)14-27-15-18-12-24-13-20(17-6-2-1-3-7-17)22(18)21-9-10-25-26-21/h1-11,18,20,22,24H,12-15H2,(H,25,26). The van der Waals surface area contributed by atoms with Crippen LogP contribution in [0.2, 0.25) is 5.02 Å². The highest BCUT2D eigenvalue weighted by atomic mass is 35.5. The Balaban J connectivity index is 1.50. The van der Waals surface area contributed by atoms with Crippen molar-refractivity contribution in [2.24, 2.45) is 5.92 Å². The number of nitrogens with one attached hydrogen (secondary N) is 2. The SMILES string of the molecule is Clc1cccc(COCC2CNCC(c3ccccc3)C2c2ccn[nH]2)c1. The fraction of sp³-hybridized carbons (Fsp3) is 0.318. The average molecular weight is 382 g/mol. The zero-order valence-electron chi connectivity index (χ0n) is 15.1. The zero-order valence-corrected chi connectivity index (χ0v) is 15.9. The molecule has 0 amide bonds. The molecule has 1 aliphatic rings. The van der Waals surface area contributed by atoms with E-state index in [1.807, 2.05) is 30.5 Å². The molecule has 0 bridgehead atoms. The molecular weight excluding hydrogens is 358 g/mol. The molecule has 1 aliphatic heterocycles. The number of nitrogens with zero attached hydrogens (tertiary/aromatic N) is 1. The predicted octanol–water partition coefficient (Wildman–Crippen LogP) is 4.37. The fourth-order valence-electron chi connectivity index (χ4n) is 4.07. The van der Waals surface area contributed by atoms with Crippen molar-refractivity contribution in [1.82, 2.24) is 15.5 Å². The number of hydrogen-bond donors (Lipinski definition) is 2. The van der Waals surface area contributed by atoms with E-state index in [0.29, 0.717) is 31.0 Å². The first-order valence-corrected chi connectivity index (χ1v) is 9.76. The molecule has 1 aromatic heterocycles. The van der Waals surface area contributed by atoms with Crippen LogP contribution in [-0.4, -0.2) is 29.9 Å². The van der Waals surface area contributed by atoms with Crippen LogP contribution in [0.1, 0.15) is 28.7 Å². The normalized spacial score (nSPS) is 22.6. The van der Waals surface area contributed by atoms with Crippen LogP contribution >= 0.6 is 11.6 Å². The van der Waals surface area contributed by atoms with Gasteiger partial charge < -0.3 is 10.1 Å². The van der Waals surface area contributed by atoms with Gasteiger partial charge >= 0.3 is 0 Å². The molecule has 0 radical (unpaired) electrons. The fourth-order valence-corrected chi connectivity index (χ4v) is 4.29. The third-order valence-corrected chi connectivity index (χ3v) is 5.55. The number of hydrogen-bond acceptors (Lipinski definition) is 3. The van der Waals surface area contributed by atoms with E-state index in [9.17, 15) is 0 Å². The van der Waals surface area contributed by atoms with Gasteiger partial charge in [0.25, 0.3) is 0 Å². The van der Waals surface area contributed by atoms with Crippen molar-refractivity contribution < 1.29 is 4.74 Å². The molecule has 3 unspecified atom stereocenters. The number of aromatic nitrogens is 2. The van der Waals surface area contributed by atoms with Crippen molar-refractivity contribution in [2.45, 2.75) is 18.4 Å². The minimum Gasteiger partial charge on any atom is -0.376 e. The van der Waals surface area contributed by atoms with E-state index in [1.165, 1.54) is 11.3 Å². The molecule has 4 rings (SSSR count). The van der Waals surface area contributed by atoms with E-state index in [0.717, 1.165) is 23.7 Å². The molecule has 0 aliphatic carbocycles. The lowest BCUT2D eigenvalue weighted by atomic mass is 9.73. The van der Waals surface area contributed by atoms with Gasteiger partial charge in [-0.05, 0) is 29.3 Å². The lowest BCUT2D eigenvalue weighted by Gasteiger charge is -2.38. The third kappa shape index (κ3) is 4.41. The van der Waals surface area contributed by atoms with E-state index in [2.05, 4.69) is 51.9 Å². The maximum atomic E-state index is 6.09. The summed E-state index contributed by atoms with van der Waals surface area (Å²) in [5.41, 5.74) is 3.63. The van der Waals surface area contributed by atoms with E-state index < -0.39 is 0 Å². The summed E-state index contributed by atoms with van der Waals surface area (Å²) < 4.78 is 6.09. The molecule has 1 saturated heterocycles. The lowest BCUT2D eigenvalue weighted by Crippen LogP contribution is -2.43. The topological polar surface area (TPSA) is 49.9 Å². The monoisotopic (exact) mass is 381 g/mol. The Morgan fingerprint density at radius 1 is 1.04 bits per heavy atom. The van der Waals surface area contributed by atoms with Crippen molar-refractivity contribution in [1.29, 1.82) is 0 Å². The van der Waals surface area contributed by atoms with Crippen molar-refractivity contribution in [3.8, 4) is 0 Å². The number of benzene rings is 2. The van der Waals surface area contributed by atoms with Gasteiger partial charge in [-0.25, -0.2) is 0 Å². The Labute approximate surface area is 164 Å². The first-order chi connectivity index (χ1) is 13.3. The summed E-state index contributed by atoms with van der Waals surface area (Å²) in [5.74, 6) is 1.10. The molecule has 5 heteroatoms. The molecule has 0 spiro atoms. The van der Waals surface area contributed by atoms with Gasteiger partial charge in [0, 0.05) is 47.8 Å². The highest BCUT2D eigenvalue weighted by Crippen LogP contribution is 2.40. The summed E-state index contributed by atoms with van der Waals surface area (Å²) in [6.07, 6.45) is 1.84. The molecule has 4 nitrogen and oxygen atoms in total. The maximum Gasteiger partial charge on any atom is 0.0717 e. The van der Waals surface area contributed by atoms with Crippen LogP contribution in [0.3, 0.4) is 0 Å². The van der Waals surface area contributed by atoms with Crippen LogP contribution < -0.4 is 5.32 Å². The van der Waals surface area contributed by atoms with Crippen molar-refractivity contribution in [3.05, 3.63) is 88.7 Å². The molecule has 140 valence electrons. The van der Waals surface area contributed by atoms with Crippen LogP contribution in [-0.2, 0) is 11.3 Å². The molecular formula is C22H24ClN3O. The van der Waals surface area contributed by atoms with Gasteiger partial charge in [-0.2, -0.15) is 5.10 Å². The average Bonchev–Trinajstić information content (AvgIpc) is 3.23. The number of piperidine rings is 1. The minimum absolute atomic E-state index is 0.343. The first kappa shape index (κ1) is 18.2. The molecule has 27 heavy (non-hydrogen) atoms. The molecule has 2 aromatic carbocycles. The van der Waals surface area contributed by atoms with Gasteiger partial charge in [0.15, 0.2) is 0 Å². The van der Waals surface area contributed by atoms with Gasteiger partial charge in [-0.1, -0.05) is 54.1 Å². The highest BCUT2D eigenvalue weighted by Gasteiger charge is 2.36. The summed E-state index contributed by atoms with van der Waals surface area (Å²) in [6.45, 7) is 3.15. The van der Waals surface area contributed by atoms with Crippen LogP contribution in [0, 0.1) is 5.92 Å². The summed E-state index contributed by atoms with van der Waals surface area (Å²) in [7, 11) is 0. The Morgan fingerprint density at radius 3 is 2.70 bits per heavy atom. The van der Waals surface area contributed by atoms with Crippen LogP contribution in [0.15, 0.2) is 66.9 Å². The number of halogens is 1. The van der Waals surface area contributed by atoms with E-state index in [-0.39, 0.29) is 0 Å². The second kappa shape index (κ2) is 8.70. The van der Waals surface area contributed by atoms with Gasteiger partial charge in [0.1, 0.15) is 0 Å². The first-order valence-electron chi connectivity index (χ1n) is 9.38. The van der Waals surface area contributed by atoms with Crippen LogP contribution in [0.5, 0.6) is 0 Å². The maximum absolute atomic E-state index is 6.09. The number of ether oxygens (including phenoxy) is 1. The number of H-pyrrole nitrogens is 1. The van der Waals surface area contributed by atoms with Crippen LogP contribution in [0.25, 0.3) is 0 Å². The Hall–Kier alpha value is -2.14. The van der Waals surface area contributed by atoms with E-state index in [4.69, 9.17) is 16.3 Å². The van der Waals surface area contributed by atoms with Gasteiger partial charge in [-0.15, -0.1) is 0 Å². The minimum atomic E-state index is 0.343. The quantitative estimate of drug-likeness (QED) is 0.666. The van der Waals surface area contributed by atoms with Crippen molar-refractivity contribution >= 4 is 11.6 Å². The molecule has 3 atom stereocenters. The summed E-state index contributed by atoms with van der Waals surface area (Å²) in [4.78, 5) is 0. The zero-order chi connectivity index (χ0) is 18.5. The van der Waals surface area contributed by atoms with E-state index >= 15 is 0 Å². The summed E-state index contributed by atoms with van der Waals surface area (Å²) >= 11 is 6.07. The Morgan fingerprint density at radius 2 is 1.93 bits per heavy atom. The molecule has 0 saturated carbocycles. The molecule has 1 fully saturated rings. The summed E-state index contributed by atoms with van der Waals surface area (Å²) in [6, 6.07) is 20.7. The van der Waals surface area contributed by atoms with Crippen LogP contribution in [0.4, 0.5) is 0 Å². The Bertz CT molecular complexity index is 838. The van der Waals surface area contributed by atoms with Gasteiger partial charge in [-0.3, -0.25) is 5.10 Å². The molecule has 2 N–H and O–H groups in total. The Kier molecular flexibility index (Phi) is 5.87. The highest BCUT2D eigenvalue weighted by molar-refractivity contribution is 6.30. The van der Waals surface area contributed by atoms with E-state index in [1.54, 1.807) is 0 Å². The second-order valence-electron chi connectivity index (χ2n) is 7.12. The van der Waals surface area contributed by atoms with Gasteiger partial charge in [0.2, 0.25) is 0 Å². The smallest absolute Gasteiger partial charge is 0.0717 e. The number of aromatic amines is 1. The number of rotatable bonds is 6.